The van der Waals surface area contributed by atoms with Crippen molar-refractivity contribution in [2.75, 3.05) is 26.4 Å². The van der Waals surface area contributed by atoms with Gasteiger partial charge in [-0.1, -0.05) is 46.3 Å². The molecule has 4 heterocycles. The minimum atomic E-state index is -1.82. The molecule has 0 aromatic carbocycles. The van der Waals surface area contributed by atoms with Crippen molar-refractivity contribution >= 4 is 0 Å². The third-order valence-corrected chi connectivity index (χ3v) is 20.9. The summed E-state index contributed by atoms with van der Waals surface area (Å²) in [6.07, 6.45) is -25.2. The molecule has 0 spiro atoms. The van der Waals surface area contributed by atoms with Crippen LogP contribution in [0.15, 0.2) is 11.6 Å². The fourth-order valence-corrected chi connectivity index (χ4v) is 16.3. The van der Waals surface area contributed by atoms with Gasteiger partial charge in [0.25, 0.3) is 0 Å². The van der Waals surface area contributed by atoms with Crippen molar-refractivity contribution in [3.8, 4) is 0 Å². The maximum absolute atomic E-state index is 12.8. The van der Waals surface area contributed by atoms with E-state index in [1.807, 2.05) is 20.8 Å². The van der Waals surface area contributed by atoms with Gasteiger partial charge in [0, 0.05) is 0 Å². The lowest BCUT2D eigenvalue weighted by Crippen LogP contribution is -2.68. The number of rotatable bonds is 16. The fraction of sp³-hybridized carbons (Fsp3) is 0.963. The number of hydrogen-bond acceptors (Lipinski definition) is 23. The molecule has 23 heteroatoms. The molecule has 8 rings (SSSR count). The molecule has 23 nitrogen and oxygen atoms in total. The van der Waals surface area contributed by atoms with Gasteiger partial charge in [0.2, 0.25) is 0 Å². The Morgan fingerprint density at radius 2 is 1.05 bits per heavy atom. The molecule has 0 aromatic heterocycles. The SMILES string of the molecule is CC(C)=CCC[C@](C)(O[C@H]1O[C@@H](CO[C@H]2O[C@@H](CO)[C@H](O)[C@@H](O)[C@@H]2O)[C@H](O)[C@@H](O)[C@@H]1O)[C@H]1CC[C@]2(C)[C@@H]1[C@H](O)C[C@@H]1[C@@]3(C)CC[C@H](O[C@@H]4O[C@H](CO)[C@@H](O)[C@H](O)[C@H]4O[C@H]4O[C@@H](CO)[C@H](O)[C@@H](O)[C@@H]4O)C(C)(C)[C@H]3CC[C@]12C. The second kappa shape index (κ2) is 23.5. The molecular formula is C54H92O23. The highest BCUT2D eigenvalue weighted by Gasteiger charge is 2.72. The van der Waals surface area contributed by atoms with Gasteiger partial charge in [-0.25, -0.2) is 0 Å². The highest BCUT2D eigenvalue weighted by molar-refractivity contribution is 5.20. The van der Waals surface area contributed by atoms with Crippen molar-refractivity contribution in [2.24, 2.45) is 45.3 Å². The zero-order valence-electron chi connectivity index (χ0n) is 45.8. The molecule has 4 aliphatic carbocycles. The molecule has 446 valence electrons. The lowest BCUT2D eigenvalue weighted by atomic mass is 9.35. The monoisotopic (exact) mass is 1110 g/mol. The Morgan fingerprint density at radius 1 is 0.545 bits per heavy atom. The van der Waals surface area contributed by atoms with Crippen LogP contribution in [0.5, 0.6) is 0 Å². The number of aliphatic hydroxyl groups excluding tert-OH is 15. The molecule has 15 N–H and O–H groups in total. The van der Waals surface area contributed by atoms with Crippen LogP contribution in [0.25, 0.3) is 0 Å². The summed E-state index contributed by atoms with van der Waals surface area (Å²) in [7, 11) is 0. The van der Waals surface area contributed by atoms with Crippen molar-refractivity contribution < 1.29 is 114 Å². The van der Waals surface area contributed by atoms with E-state index in [0.29, 0.717) is 38.5 Å². The first-order valence-corrected chi connectivity index (χ1v) is 27.9. The van der Waals surface area contributed by atoms with Crippen LogP contribution in [0.2, 0.25) is 0 Å². The largest absolute Gasteiger partial charge is 0.394 e. The zero-order chi connectivity index (χ0) is 56.6. The predicted molar refractivity (Wildman–Crippen MR) is 266 cm³/mol. The number of ether oxygens (including phenoxy) is 8. The normalized spacial score (nSPS) is 52.7. The third kappa shape index (κ3) is 10.9. The summed E-state index contributed by atoms with van der Waals surface area (Å²) in [6, 6.07) is 0. The molecular weight excluding hydrogens is 1020 g/mol. The van der Waals surface area contributed by atoms with Crippen LogP contribution >= 0.6 is 0 Å². The highest BCUT2D eigenvalue weighted by Crippen LogP contribution is 2.76. The van der Waals surface area contributed by atoms with Crippen LogP contribution in [0, 0.1) is 45.3 Å². The second-order valence-electron chi connectivity index (χ2n) is 25.7. The van der Waals surface area contributed by atoms with Crippen LogP contribution in [-0.4, -0.2) is 244 Å². The summed E-state index contributed by atoms with van der Waals surface area (Å²) < 4.78 is 48.9. The quantitative estimate of drug-likeness (QED) is 0.0576. The van der Waals surface area contributed by atoms with E-state index in [-0.39, 0.29) is 34.5 Å². The summed E-state index contributed by atoms with van der Waals surface area (Å²) in [5.41, 5.74) is -1.59. The van der Waals surface area contributed by atoms with E-state index in [1.165, 1.54) is 0 Å². The van der Waals surface area contributed by atoms with Gasteiger partial charge in [0.15, 0.2) is 25.2 Å². The average molecular weight is 1110 g/mol. The summed E-state index contributed by atoms with van der Waals surface area (Å²) in [5.74, 6) is -0.475. The molecule has 0 unspecified atom stereocenters. The third-order valence-electron chi connectivity index (χ3n) is 20.9. The Balaban J connectivity index is 1.01. The lowest BCUT2D eigenvalue weighted by molar-refractivity contribution is -0.378. The number of hydrogen-bond donors (Lipinski definition) is 15. The zero-order valence-corrected chi connectivity index (χ0v) is 45.8. The lowest BCUT2D eigenvalue weighted by Gasteiger charge is -2.71. The second-order valence-corrected chi connectivity index (χ2v) is 25.7. The summed E-state index contributed by atoms with van der Waals surface area (Å²) in [5, 5.41) is 162. The molecule has 0 aromatic rings. The van der Waals surface area contributed by atoms with Gasteiger partial charge in [-0.15, -0.1) is 0 Å². The van der Waals surface area contributed by atoms with E-state index in [2.05, 4.69) is 40.7 Å². The van der Waals surface area contributed by atoms with Gasteiger partial charge < -0.3 is 114 Å². The van der Waals surface area contributed by atoms with Gasteiger partial charge >= 0.3 is 0 Å². The molecule has 4 aliphatic heterocycles. The van der Waals surface area contributed by atoms with Crippen molar-refractivity contribution in [3.05, 3.63) is 11.6 Å². The van der Waals surface area contributed by atoms with Crippen LogP contribution in [0.3, 0.4) is 0 Å². The summed E-state index contributed by atoms with van der Waals surface area (Å²) >= 11 is 0. The predicted octanol–water partition coefficient (Wildman–Crippen LogP) is -2.20. The minimum absolute atomic E-state index is 0.0374. The van der Waals surface area contributed by atoms with E-state index < -0.39 is 178 Å². The molecule has 0 amide bonds. The Morgan fingerprint density at radius 3 is 1.64 bits per heavy atom. The first kappa shape index (κ1) is 61.9. The molecule has 30 atom stereocenters. The first-order chi connectivity index (χ1) is 36.0. The molecule has 77 heavy (non-hydrogen) atoms. The van der Waals surface area contributed by atoms with E-state index in [9.17, 15) is 76.6 Å². The smallest absolute Gasteiger partial charge is 0.187 e. The van der Waals surface area contributed by atoms with Gasteiger partial charge in [0.1, 0.15) is 97.7 Å². The van der Waals surface area contributed by atoms with Crippen molar-refractivity contribution in [1.82, 2.24) is 0 Å². The van der Waals surface area contributed by atoms with Crippen molar-refractivity contribution in [3.63, 3.8) is 0 Å². The van der Waals surface area contributed by atoms with Gasteiger partial charge in [0.05, 0.1) is 44.2 Å². The van der Waals surface area contributed by atoms with Crippen LogP contribution in [-0.2, 0) is 37.9 Å². The maximum atomic E-state index is 12.8. The Kier molecular flexibility index (Phi) is 18.9. The topological polar surface area (TPSA) is 377 Å². The minimum Gasteiger partial charge on any atom is -0.394 e. The van der Waals surface area contributed by atoms with Crippen LogP contribution in [0.1, 0.15) is 113 Å². The van der Waals surface area contributed by atoms with Crippen LogP contribution in [0.4, 0.5) is 0 Å². The number of aliphatic hydroxyl groups is 15. The molecule has 8 aliphatic rings. The fourth-order valence-electron chi connectivity index (χ4n) is 16.3. The Hall–Kier alpha value is -1.18. The van der Waals surface area contributed by atoms with E-state index in [1.54, 1.807) is 0 Å². The summed E-state index contributed by atoms with van der Waals surface area (Å²) in [4.78, 5) is 0. The van der Waals surface area contributed by atoms with Gasteiger partial charge in [-0.05, 0) is 124 Å². The molecule has 8 fully saturated rings. The molecule has 0 bridgehead atoms. The Labute approximate surface area is 450 Å². The number of allylic oxidation sites excluding steroid dienone is 2. The van der Waals surface area contributed by atoms with E-state index in [4.69, 9.17) is 37.9 Å². The average Bonchev–Trinajstić information content (AvgIpc) is 3.96. The molecule has 4 saturated heterocycles. The Bertz CT molecular complexity index is 1990. The maximum Gasteiger partial charge on any atom is 0.187 e. The van der Waals surface area contributed by atoms with E-state index >= 15 is 0 Å². The molecule has 0 radical (unpaired) electrons. The number of fused-ring (bicyclic) bond motifs is 5. The van der Waals surface area contributed by atoms with Gasteiger partial charge in [-0.2, -0.15) is 0 Å². The standard InChI is InChI=1S/C54H92O23/c1-23(2)10-9-14-54(8,77-48-44(69)40(65)37(62)29(74-48)22-70-46-42(67)38(63)34(59)26(19-55)71-46)24-11-16-53(7)33(24)25(58)18-31-51(5)15-13-32(50(3,4)30(51)12-17-52(31,53)6)75-49-45(41(66)36(61)28(21-57)73-49)76-47-43(68)39(64)35(60)27(20-56)72-47/h10,24-49,55-69H,9,11-22H2,1-8H3/t24-,25+,26-,27-,28+,29-,30+,31+,32-,33-,34-,35-,36+,37-,38+,39+,40+,41-,42-,43-,44-,45+,46-,47+,48+,49-,51-,52+,53+,54-/m0/s1. The first-order valence-electron chi connectivity index (χ1n) is 27.9. The van der Waals surface area contributed by atoms with Crippen molar-refractivity contribution in [1.29, 1.82) is 0 Å². The van der Waals surface area contributed by atoms with Crippen LogP contribution < -0.4 is 0 Å². The highest BCUT2D eigenvalue weighted by atomic mass is 16.8. The summed E-state index contributed by atoms with van der Waals surface area (Å²) in [6.45, 7) is 14.6. The van der Waals surface area contributed by atoms with Gasteiger partial charge in [-0.3, -0.25) is 0 Å². The van der Waals surface area contributed by atoms with Crippen molar-refractivity contribution in [2.45, 2.75) is 254 Å². The molecule has 4 saturated carbocycles. The van der Waals surface area contributed by atoms with E-state index in [0.717, 1.165) is 24.8 Å².